The largest absolute Gasteiger partial charge is 0.481 e. The fourth-order valence-electron chi connectivity index (χ4n) is 3.65. The summed E-state index contributed by atoms with van der Waals surface area (Å²) in [7, 11) is -0.913. The Kier molecular flexibility index (Phi) is 6.72. The predicted octanol–water partition coefficient (Wildman–Crippen LogP) is 5.38. The van der Waals surface area contributed by atoms with E-state index in [1.165, 1.54) is 19.8 Å². The van der Waals surface area contributed by atoms with Crippen LogP contribution in [0.2, 0.25) is 0 Å². The van der Waals surface area contributed by atoms with E-state index >= 15 is 0 Å². The zero-order valence-corrected chi connectivity index (χ0v) is 16.4. The lowest BCUT2D eigenvalue weighted by molar-refractivity contribution is -0.0397. The molecule has 1 fully saturated rings. The van der Waals surface area contributed by atoms with Gasteiger partial charge in [0, 0.05) is 20.1 Å². The highest BCUT2D eigenvalue weighted by atomic mass is 31.2. The van der Waals surface area contributed by atoms with Crippen molar-refractivity contribution in [1.29, 1.82) is 0 Å². The molecule has 140 valence electrons. The lowest BCUT2D eigenvalue weighted by Crippen LogP contribution is -2.40. The van der Waals surface area contributed by atoms with Crippen molar-refractivity contribution in [2.75, 3.05) is 14.2 Å². The Morgan fingerprint density at radius 2 is 1.76 bits per heavy atom. The number of aliphatic hydroxyl groups excluding tert-OH is 1. The molecule has 0 bridgehead atoms. The number of aliphatic hydroxyl groups is 1. The van der Waals surface area contributed by atoms with Crippen molar-refractivity contribution < 1.29 is 23.5 Å². The Morgan fingerprint density at radius 3 is 2.36 bits per heavy atom. The van der Waals surface area contributed by atoms with Crippen LogP contribution in [0.3, 0.4) is 0 Å². The Balaban J connectivity index is 2.21. The van der Waals surface area contributed by atoms with Crippen molar-refractivity contribution in [3.05, 3.63) is 47.7 Å². The lowest BCUT2D eigenvalue weighted by atomic mass is 9.66. The fraction of sp³-hybridized carbons (Fsp3) is 0.579. The van der Waals surface area contributed by atoms with Gasteiger partial charge < -0.3 is 18.9 Å². The molecule has 5 nitrogen and oxygen atoms in total. The first-order valence-electron chi connectivity index (χ1n) is 8.67. The third kappa shape index (κ3) is 4.87. The average Bonchev–Trinajstić information content (AvgIpc) is 2.62. The summed E-state index contributed by atoms with van der Waals surface area (Å²) in [6.45, 7) is 4.43. The molecule has 0 aliphatic heterocycles. The second-order valence-corrected chi connectivity index (χ2v) is 9.08. The van der Waals surface area contributed by atoms with E-state index in [2.05, 4.69) is 26.0 Å². The van der Waals surface area contributed by atoms with Gasteiger partial charge in [0.15, 0.2) is 0 Å². The molecule has 2 unspecified atom stereocenters. The quantitative estimate of drug-likeness (QED) is 0.517. The van der Waals surface area contributed by atoms with Crippen LogP contribution in [0, 0.1) is 5.92 Å². The van der Waals surface area contributed by atoms with Gasteiger partial charge in [-0.15, -0.1) is 0 Å². The van der Waals surface area contributed by atoms with Gasteiger partial charge in [-0.05, 0) is 30.2 Å². The minimum Gasteiger partial charge on any atom is -0.481 e. The Bertz CT molecular complexity index is 618. The molecule has 1 aliphatic carbocycles. The van der Waals surface area contributed by atoms with Gasteiger partial charge in [0.2, 0.25) is 0 Å². The van der Waals surface area contributed by atoms with E-state index in [-0.39, 0.29) is 17.4 Å². The van der Waals surface area contributed by atoms with E-state index in [0.717, 1.165) is 31.5 Å². The summed E-state index contributed by atoms with van der Waals surface area (Å²) >= 11 is 0. The van der Waals surface area contributed by atoms with Gasteiger partial charge in [0.25, 0.3) is 5.95 Å². The summed E-state index contributed by atoms with van der Waals surface area (Å²) in [5.41, 5.74) is 1.15. The molecule has 1 aromatic rings. The average molecular weight is 368 g/mol. The third-order valence-electron chi connectivity index (χ3n) is 5.20. The second kappa shape index (κ2) is 8.39. The SMILES string of the molecule is COP(=O)(/C=C(\O)OC1CCCCC1C(C)(C)c1ccccc1)OC. The van der Waals surface area contributed by atoms with Crippen molar-refractivity contribution in [2.24, 2.45) is 5.92 Å². The topological polar surface area (TPSA) is 65.0 Å². The minimum absolute atomic E-state index is 0.0984. The van der Waals surface area contributed by atoms with Crippen molar-refractivity contribution in [3.8, 4) is 0 Å². The van der Waals surface area contributed by atoms with Gasteiger partial charge >= 0.3 is 7.60 Å². The molecule has 0 saturated heterocycles. The molecule has 25 heavy (non-hydrogen) atoms. The zero-order valence-electron chi connectivity index (χ0n) is 15.5. The van der Waals surface area contributed by atoms with E-state index in [4.69, 9.17) is 13.8 Å². The van der Waals surface area contributed by atoms with Gasteiger partial charge in [-0.1, -0.05) is 50.6 Å². The van der Waals surface area contributed by atoms with E-state index in [9.17, 15) is 9.67 Å². The maximum Gasteiger partial charge on any atom is 0.360 e. The monoisotopic (exact) mass is 368 g/mol. The number of ether oxygens (including phenoxy) is 1. The molecular weight excluding hydrogens is 339 g/mol. The maximum atomic E-state index is 12.1. The highest BCUT2D eigenvalue weighted by molar-refractivity contribution is 7.57. The van der Waals surface area contributed by atoms with Crippen molar-refractivity contribution >= 4 is 7.60 Å². The molecule has 1 aromatic carbocycles. The summed E-state index contributed by atoms with van der Waals surface area (Å²) < 4.78 is 27.6. The van der Waals surface area contributed by atoms with Crippen LogP contribution >= 0.6 is 7.60 Å². The predicted molar refractivity (Wildman–Crippen MR) is 98.6 cm³/mol. The van der Waals surface area contributed by atoms with Crippen molar-refractivity contribution in [2.45, 2.75) is 51.0 Å². The Labute approximate surface area is 150 Å². The standard InChI is InChI=1S/C19H29O5P/c1-19(2,15-10-6-5-7-11-15)16-12-8-9-13-17(16)24-18(20)14-25(21,22-3)23-4/h5-7,10-11,14,16-17,20H,8-9,12-13H2,1-4H3/b18-14+. The highest BCUT2D eigenvalue weighted by Crippen LogP contribution is 2.49. The Morgan fingerprint density at radius 1 is 1.16 bits per heavy atom. The number of hydrogen-bond acceptors (Lipinski definition) is 5. The molecule has 0 heterocycles. The van der Waals surface area contributed by atoms with Crippen LogP contribution in [0.5, 0.6) is 0 Å². The Hall–Kier alpha value is -1.29. The first-order chi connectivity index (χ1) is 11.8. The zero-order chi connectivity index (χ0) is 18.5. The first kappa shape index (κ1) is 20.0. The van der Waals surface area contributed by atoms with Crippen LogP contribution < -0.4 is 0 Å². The normalized spacial score (nSPS) is 22.6. The second-order valence-electron chi connectivity index (χ2n) is 7.01. The van der Waals surface area contributed by atoms with Crippen LogP contribution in [-0.4, -0.2) is 25.4 Å². The molecule has 1 aliphatic rings. The summed E-state index contributed by atoms with van der Waals surface area (Å²) in [4.78, 5) is 0. The van der Waals surface area contributed by atoms with Crippen LogP contribution in [-0.2, 0) is 23.8 Å². The molecule has 1 N–H and O–H groups in total. The first-order valence-corrected chi connectivity index (χ1v) is 10.3. The van der Waals surface area contributed by atoms with Crippen LogP contribution in [0.25, 0.3) is 0 Å². The van der Waals surface area contributed by atoms with Crippen LogP contribution in [0.1, 0.15) is 45.1 Å². The van der Waals surface area contributed by atoms with Crippen molar-refractivity contribution in [1.82, 2.24) is 0 Å². The van der Waals surface area contributed by atoms with Crippen LogP contribution in [0.4, 0.5) is 0 Å². The van der Waals surface area contributed by atoms with Crippen molar-refractivity contribution in [3.63, 3.8) is 0 Å². The summed E-state index contributed by atoms with van der Waals surface area (Å²) in [6, 6.07) is 10.4. The molecule has 2 atom stereocenters. The maximum absolute atomic E-state index is 12.1. The van der Waals surface area contributed by atoms with Gasteiger partial charge in [0.05, 0.1) is 0 Å². The summed E-state index contributed by atoms with van der Waals surface area (Å²) in [5.74, 6) is 0.880. The molecule has 0 aromatic heterocycles. The van der Waals surface area contributed by atoms with Gasteiger partial charge in [-0.25, -0.2) is 0 Å². The van der Waals surface area contributed by atoms with E-state index in [0.29, 0.717) is 0 Å². The van der Waals surface area contributed by atoms with E-state index in [1.807, 2.05) is 18.2 Å². The molecule has 1 saturated carbocycles. The summed E-state index contributed by atoms with van der Waals surface area (Å²) in [5, 5.41) is 10.2. The lowest BCUT2D eigenvalue weighted by Gasteiger charge is -2.42. The molecule has 0 amide bonds. The third-order valence-corrected chi connectivity index (χ3v) is 6.75. The summed E-state index contributed by atoms with van der Waals surface area (Å²) in [6.07, 6.45) is 3.91. The number of benzene rings is 1. The minimum atomic E-state index is -3.46. The highest BCUT2D eigenvalue weighted by Gasteiger charge is 2.40. The van der Waals surface area contributed by atoms with Gasteiger partial charge in [0.1, 0.15) is 11.9 Å². The number of hydrogen-bond donors (Lipinski definition) is 1. The van der Waals surface area contributed by atoms with Gasteiger partial charge in [-0.2, -0.15) is 0 Å². The molecule has 6 heteroatoms. The molecular formula is C19H29O5P. The molecule has 0 spiro atoms. The van der Waals surface area contributed by atoms with E-state index < -0.39 is 13.5 Å². The van der Waals surface area contributed by atoms with Gasteiger partial charge in [-0.3, -0.25) is 4.57 Å². The van der Waals surface area contributed by atoms with E-state index in [1.54, 1.807) is 0 Å². The van der Waals surface area contributed by atoms with Crippen LogP contribution in [0.15, 0.2) is 42.1 Å². The molecule has 2 rings (SSSR count). The number of rotatable bonds is 7. The fourth-order valence-corrected chi connectivity index (χ4v) is 4.34. The smallest absolute Gasteiger partial charge is 0.360 e. The molecule has 0 radical (unpaired) electrons.